The van der Waals surface area contributed by atoms with Crippen molar-refractivity contribution in [1.29, 1.82) is 0 Å². The molecule has 6 heteroatoms. The second kappa shape index (κ2) is 6.65. The highest BCUT2D eigenvalue weighted by atomic mass is 16.9. The maximum atomic E-state index is 12.4. The molecule has 1 saturated heterocycles. The van der Waals surface area contributed by atoms with E-state index in [2.05, 4.69) is 17.6 Å². The topological polar surface area (TPSA) is 68.8 Å². The number of rotatable bonds is 6. The standard InChI is InChI=1S/C13H24N2O4/c1-8-5-4-6-10(8)14-12(16)11(9(2)17-3)15-13-18-7-19-13/h8-11,13,15H,4-7H2,1-3H3,(H,14,16)/t8?,9-,10+,11+/m1/s1. The predicted octanol–water partition coefficient (Wildman–Crippen LogP) is 0.572. The summed E-state index contributed by atoms with van der Waals surface area (Å²) < 4.78 is 15.5. The lowest BCUT2D eigenvalue weighted by molar-refractivity contribution is -0.336. The Morgan fingerprint density at radius 2 is 2.11 bits per heavy atom. The third kappa shape index (κ3) is 3.66. The molecule has 1 amide bonds. The van der Waals surface area contributed by atoms with Crippen molar-refractivity contribution in [3.63, 3.8) is 0 Å². The van der Waals surface area contributed by atoms with E-state index in [4.69, 9.17) is 14.2 Å². The number of carbonyl (C=O) groups excluding carboxylic acids is 1. The van der Waals surface area contributed by atoms with Crippen LogP contribution in [0, 0.1) is 5.92 Å². The van der Waals surface area contributed by atoms with E-state index in [-0.39, 0.29) is 24.8 Å². The highest BCUT2D eigenvalue weighted by Crippen LogP contribution is 2.25. The summed E-state index contributed by atoms with van der Waals surface area (Å²) >= 11 is 0. The van der Waals surface area contributed by atoms with Crippen molar-refractivity contribution < 1.29 is 19.0 Å². The van der Waals surface area contributed by atoms with Crippen molar-refractivity contribution in [3.8, 4) is 0 Å². The van der Waals surface area contributed by atoms with Crippen LogP contribution in [0.3, 0.4) is 0 Å². The first-order chi connectivity index (χ1) is 9.11. The molecule has 0 spiro atoms. The third-order valence-corrected chi connectivity index (χ3v) is 4.07. The molecule has 0 aromatic rings. The number of carbonyl (C=O) groups is 1. The van der Waals surface area contributed by atoms with Gasteiger partial charge in [0.05, 0.1) is 6.10 Å². The summed E-state index contributed by atoms with van der Waals surface area (Å²) in [6.45, 7) is 4.30. The molecule has 2 fully saturated rings. The van der Waals surface area contributed by atoms with Gasteiger partial charge in [0.25, 0.3) is 0 Å². The number of hydrogen-bond acceptors (Lipinski definition) is 5. The molecule has 19 heavy (non-hydrogen) atoms. The Bertz CT molecular complexity index is 309. The molecule has 4 atom stereocenters. The van der Waals surface area contributed by atoms with Gasteiger partial charge in [0, 0.05) is 13.2 Å². The van der Waals surface area contributed by atoms with Crippen molar-refractivity contribution >= 4 is 5.91 Å². The van der Waals surface area contributed by atoms with Gasteiger partial charge in [0.15, 0.2) is 6.79 Å². The van der Waals surface area contributed by atoms with Gasteiger partial charge in [0.1, 0.15) is 6.04 Å². The van der Waals surface area contributed by atoms with Crippen LogP contribution in [0.4, 0.5) is 0 Å². The van der Waals surface area contributed by atoms with E-state index >= 15 is 0 Å². The lowest BCUT2D eigenvalue weighted by Gasteiger charge is -2.33. The van der Waals surface area contributed by atoms with Gasteiger partial charge in [-0.3, -0.25) is 10.1 Å². The second-order valence-corrected chi connectivity index (χ2v) is 5.39. The molecule has 0 aromatic heterocycles. The monoisotopic (exact) mass is 272 g/mol. The summed E-state index contributed by atoms with van der Waals surface area (Å²) in [7, 11) is 1.59. The normalized spacial score (nSPS) is 30.7. The molecule has 1 heterocycles. The number of nitrogens with one attached hydrogen (secondary N) is 2. The Kier molecular flexibility index (Phi) is 5.15. The Balaban J connectivity index is 1.89. The van der Waals surface area contributed by atoms with E-state index in [0.717, 1.165) is 6.42 Å². The molecule has 110 valence electrons. The van der Waals surface area contributed by atoms with Gasteiger partial charge in [-0.15, -0.1) is 0 Å². The Hall–Kier alpha value is -0.690. The minimum atomic E-state index is -0.505. The summed E-state index contributed by atoms with van der Waals surface area (Å²) in [6, 6.07) is -0.202. The van der Waals surface area contributed by atoms with Gasteiger partial charge in [-0.2, -0.15) is 0 Å². The lowest BCUT2D eigenvalue weighted by Crippen LogP contribution is -2.59. The predicted molar refractivity (Wildman–Crippen MR) is 69.2 cm³/mol. The van der Waals surface area contributed by atoms with Gasteiger partial charge < -0.3 is 19.5 Å². The SMILES string of the molecule is CO[C@H](C)[C@H](NC1OCO1)C(=O)N[C@H]1CCCC1C. The molecule has 0 bridgehead atoms. The first-order valence-electron chi connectivity index (χ1n) is 6.94. The molecular weight excluding hydrogens is 248 g/mol. The van der Waals surface area contributed by atoms with Crippen molar-refractivity contribution in [2.75, 3.05) is 13.9 Å². The zero-order valence-electron chi connectivity index (χ0n) is 11.8. The van der Waals surface area contributed by atoms with Gasteiger partial charge >= 0.3 is 0 Å². The molecular formula is C13H24N2O4. The number of methoxy groups -OCH3 is 1. The van der Waals surface area contributed by atoms with E-state index in [1.807, 2.05) is 6.92 Å². The van der Waals surface area contributed by atoms with Crippen LogP contribution in [0.15, 0.2) is 0 Å². The first kappa shape index (κ1) is 14.7. The number of ether oxygens (including phenoxy) is 3. The van der Waals surface area contributed by atoms with E-state index in [9.17, 15) is 4.79 Å². The van der Waals surface area contributed by atoms with E-state index in [1.54, 1.807) is 7.11 Å². The molecule has 0 radical (unpaired) electrons. The molecule has 2 N–H and O–H groups in total. The molecule has 0 aromatic carbocycles. The lowest BCUT2D eigenvalue weighted by atomic mass is 10.1. The molecule has 1 aliphatic carbocycles. The fourth-order valence-electron chi connectivity index (χ4n) is 2.57. The first-order valence-corrected chi connectivity index (χ1v) is 6.94. The van der Waals surface area contributed by atoms with E-state index < -0.39 is 12.5 Å². The summed E-state index contributed by atoms with van der Waals surface area (Å²) in [5, 5.41) is 6.12. The quantitative estimate of drug-likeness (QED) is 0.740. The average Bonchev–Trinajstić information content (AvgIpc) is 2.72. The summed E-state index contributed by atoms with van der Waals surface area (Å²) in [5.74, 6) is 0.492. The maximum Gasteiger partial charge on any atom is 0.240 e. The number of amides is 1. The highest BCUT2D eigenvalue weighted by Gasteiger charge is 2.34. The average molecular weight is 272 g/mol. The number of hydrogen-bond donors (Lipinski definition) is 2. The smallest absolute Gasteiger partial charge is 0.240 e. The fourth-order valence-corrected chi connectivity index (χ4v) is 2.57. The van der Waals surface area contributed by atoms with E-state index in [0.29, 0.717) is 5.92 Å². The largest absolute Gasteiger partial charge is 0.380 e. The van der Waals surface area contributed by atoms with Crippen LogP contribution in [-0.4, -0.2) is 44.4 Å². The van der Waals surface area contributed by atoms with Crippen molar-refractivity contribution in [2.24, 2.45) is 5.92 Å². The summed E-state index contributed by atoms with van der Waals surface area (Å²) in [4.78, 5) is 12.4. The zero-order chi connectivity index (χ0) is 13.8. The van der Waals surface area contributed by atoms with Gasteiger partial charge in [-0.25, -0.2) is 0 Å². The van der Waals surface area contributed by atoms with Crippen LogP contribution in [0.1, 0.15) is 33.1 Å². The molecule has 6 nitrogen and oxygen atoms in total. The Labute approximate surface area is 114 Å². The minimum absolute atomic E-state index is 0.0489. The Morgan fingerprint density at radius 1 is 1.37 bits per heavy atom. The van der Waals surface area contributed by atoms with Gasteiger partial charge in [0.2, 0.25) is 12.3 Å². The summed E-state index contributed by atoms with van der Waals surface area (Å²) in [6.07, 6.45) is 2.66. The molecule has 1 aliphatic heterocycles. The van der Waals surface area contributed by atoms with Crippen LogP contribution in [0.5, 0.6) is 0 Å². The second-order valence-electron chi connectivity index (χ2n) is 5.39. The molecule has 2 rings (SSSR count). The Morgan fingerprint density at radius 3 is 2.58 bits per heavy atom. The minimum Gasteiger partial charge on any atom is -0.380 e. The van der Waals surface area contributed by atoms with Crippen molar-refractivity contribution in [1.82, 2.24) is 10.6 Å². The zero-order valence-corrected chi connectivity index (χ0v) is 11.8. The van der Waals surface area contributed by atoms with Crippen LogP contribution in [-0.2, 0) is 19.0 Å². The third-order valence-electron chi connectivity index (χ3n) is 4.07. The molecule has 2 aliphatic rings. The molecule has 1 saturated carbocycles. The molecule has 1 unspecified atom stereocenters. The van der Waals surface area contributed by atoms with Crippen molar-refractivity contribution in [2.45, 2.75) is 57.7 Å². The van der Waals surface area contributed by atoms with Crippen LogP contribution < -0.4 is 10.6 Å². The van der Waals surface area contributed by atoms with Crippen molar-refractivity contribution in [3.05, 3.63) is 0 Å². The van der Waals surface area contributed by atoms with E-state index in [1.165, 1.54) is 12.8 Å². The highest BCUT2D eigenvalue weighted by molar-refractivity contribution is 5.82. The summed E-state index contributed by atoms with van der Waals surface area (Å²) in [5.41, 5.74) is 0. The van der Waals surface area contributed by atoms with Crippen LogP contribution in [0.2, 0.25) is 0 Å². The van der Waals surface area contributed by atoms with Gasteiger partial charge in [-0.05, 0) is 25.7 Å². The fraction of sp³-hybridized carbons (Fsp3) is 0.923. The van der Waals surface area contributed by atoms with Crippen LogP contribution in [0.25, 0.3) is 0 Å². The van der Waals surface area contributed by atoms with Gasteiger partial charge in [-0.1, -0.05) is 13.3 Å². The maximum absolute atomic E-state index is 12.4. The van der Waals surface area contributed by atoms with Crippen LogP contribution >= 0.6 is 0 Å².